The van der Waals surface area contributed by atoms with Gasteiger partial charge in [0.2, 0.25) is 15.9 Å². The van der Waals surface area contributed by atoms with Crippen LogP contribution >= 0.6 is 0 Å². The third-order valence-electron chi connectivity index (χ3n) is 3.54. The average Bonchev–Trinajstić information content (AvgIpc) is 3.17. The maximum atomic E-state index is 12.6. The molecule has 1 aliphatic rings. The Bertz CT molecular complexity index is 666. The fourth-order valence-electron chi connectivity index (χ4n) is 2.08. The van der Waals surface area contributed by atoms with Gasteiger partial charge < -0.3 is 11.1 Å². The molecule has 116 valence electrons. The Balaban J connectivity index is 2.22. The van der Waals surface area contributed by atoms with Crippen molar-refractivity contribution in [1.29, 1.82) is 0 Å². The molecule has 0 radical (unpaired) electrons. The standard InChI is InChI=1S/C14H21N3O3S/c1-9-6-12(15)10(2)13(7-9)21(19,20)17(3)8-14(18)16-11-4-5-11/h6-7,11H,4-5,8,15H2,1-3H3,(H,16,18). The summed E-state index contributed by atoms with van der Waals surface area (Å²) in [5.74, 6) is -0.276. The average molecular weight is 311 g/mol. The maximum absolute atomic E-state index is 12.6. The summed E-state index contributed by atoms with van der Waals surface area (Å²) in [6, 6.07) is 3.52. The van der Waals surface area contributed by atoms with Crippen LogP contribution in [0.15, 0.2) is 17.0 Å². The minimum atomic E-state index is -3.73. The number of amides is 1. The second-order valence-corrected chi connectivity index (χ2v) is 7.59. The number of hydrogen-bond acceptors (Lipinski definition) is 4. The Morgan fingerprint density at radius 1 is 1.38 bits per heavy atom. The van der Waals surface area contributed by atoms with E-state index in [0.717, 1.165) is 22.7 Å². The van der Waals surface area contributed by atoms with Gasteiger partial charge in [0.25, 0.3) is 0 Å². The smallest absolute Gasteiger partial charge is 0.243 e. The van der Waals surface area contributed by atoms with Gasteiger partial charge in [-0.3, -0.25) is 4.79 Å². The molecular formula is C14H21N3O3S. The Hall–Kier alpha value is -1.60. The number of nitrogens with two attached hydrogens (primary N) is 1. The van der Waals surface area contributed by atoms with E-state index in [9.17, 15) is 13.2 Å². The van der Waals surface area contributed by atoms with Crippen LogP contribution in [0.2, 0.25) is 0 Å². The third-order valence-corrected chi connectivity index (χ3v) is 5.47. The number of benzene rings is 1. The fourth-order valence-corrected chi connectivity index (χ4v) is 3.54. The van der Waals surface area contributed by atoms with Gasteiger partial charge in [-0.15, -0.1) is 0 Å². The Kier molecular flexibility index (Phi) is 4.25. The first-order chi connectivity index (χ1) is 9.71. The van der Waals surface area contributed by atoms with E-state index in [4.69, 9.17) is 5.73 Å². The molecule has 1 aliphatic carbocycles. The van der Waals surface area contributed by atoms with Gasteiger partial charge in [0.15, 0.2) is 0 Å². The zero-order valence-corrected chi connectivity index (χ0v) is 13.3. The van der Waals surface area contributed by atoms with E-state index < -0.39 is 10.0 Å². The molecule has 1 amide bonds. The van der Waals surface area contributed by atoms with Gasteiger partial charge in [-0.25, -0.2) is 8.42 Å². The first-order valence-corrected chi connectivity index (χ1v) is 8.28. The van der Waals surface area contributed by atoms with Gasteiger partial charge >= 0.3 is 0 Å². The summed E-state index contributed by atoms with van der Waals surface area (Å²) in [7, 11) is -2.33. The Labute approximate surface area is 125 Å². The minimum absolute atomic E-state index is 0.154. The lowest BCUT2D eigenvalue weighted by molar-refractivity contribution is -0.121. The highest BCUT2D eigenvalue weighted by Gasteiger charge is 2.28. The summed E-state index contributed by atoms with van der Waals surface area (Å²) in [5, 5.41) is 2.78. The van der Waals surface area contributed by atoms with Crippen LogP contribution in [0, 0.1) is 13.8 Å². The van der Waals surface area contributed by atoms with Gasteiger partial charge in [-0.05, 0) is 49.9 Å². The van der Waals surface area contributed by atoms with Crippen molar-refractivity contribution < 1.29 is 13.2 Å². The molecule has 0 spiro atoms. The van der Waals surface area contributed by atoms with E-state index in [2.05, 4.69) is 5.32 Å². The van der Waals surface area contributed by atoms with E-state index >= 15 is 0 Å². The minimum Gasteiger partial charge on any atom is -0.398 e. The Morgan fingerprint density at radius 3 is 2.57 bits per heavy atom. The van der Waals surface area contributed by atoms with Crippen LogP contribution in [0.3, 0.4) is 0 Å². The van der Waals surface area contributed by atoms with Crippen molar-refractivity contribution in [1.82, 2.24) is 9.62 Å². The zero-order valence-electron chi connectivity index (χ0n) is 12.5. The second-order valence-electron chi connectivity index (χ2n) is 5.58. The molecule has 0 saturated heterocycles. The molecular weight excluding hydrogens is 290 g/mol. The fraction of sp³-hybridized carbons (Fsp3) is 0.500. The monoisotopic (exact) mass is 311 g/mol. The predicted octanol–water partition coefficient (Wildman–Crippen LogP) is 0.785. The lowest BCUT2D eigenvalue weighted by atomic mass is 10.1. The van der Waals surface area contributed by atoms with Gasteiger partial charge in [0.1, 0.15) is 0 Å². The van der Waals surface area contributed by atoms with Crippen molar-refractivity contribution in [2.45, 2.75) is 37.6 Å². The molecule has 0 bridgehead atoms. The number of nitrogens with zero attached hydrogens (tertiary/aromatic N) is 1. The Morgan fingerprint density at radius 2 is 2.00 bits per heavy atom. The summed E-state index contributed by atoms with van der Waals surface area (Å²) in [5.41, 5.74) is 7.55. The number of anilines is 1. The molecule has 1 fully saturated rings. The molecule has 6 nitrogen and oxygen atoms in total. The van der Waals surface area contributed by atoms with Crippen molar-refractivity contribution in [2.75, 3.05) is 19.3 Å². The molecule has 1 saturated carbocycles. The molecule has 2 rings (SSSR count). The number of carbonyl (C=O) groups is 1. The van der Waals surface area contributed by atoms with Crippen molar-refractivity contribution in [3.63, 3.8) is 0 Å². The van der Waals surface area contributed by atoms with Crippen molar-refractivity contribution in [2.24, 2.45) is 0 Å². The number of carbonyl (C=O) groups excluding carboxylic acids is 1. The topological polar surface area (TPSA) is 92.5 Å². The highest BCUT2D eigenvalue weighted by atomic mass is 32.2. The third kappa shape index (κ3) is 3.54. The van der Waals surface area contributed by atoms with Crippen LogP contribution in [0.5, 0.6) is 0 Å². The summed E-state index contributed by atoms with van der Waals surface area (Å²) in [6.45, 7) is 3.26. The van der Waals surface area contributed by atoms with E-state index in [1.807, 2.05) is 0 Å². The maximum Gasteiger partial charge on any atom is 0.243 e. The van der Waals surface area contributed by atoms with Crippen LogP contribution in [0.1, 0.15) is 24.0 Å². The first-order valence-electron chi connectivity index (χ1n) is 6.84. The van der Waals surface area contributed by atoms with E-state index in [0.29, 0.717) is 11.3 Å². The van der Waals surface area contributed by atoms with E-state index in [1.165, 1.54) is 7.05 Å². The molecule has 0 heterocycles. The number of hydrogen-bond donors (Lipinski definition) is 2. The van der Waals surface area contributed by atoms with Crippen molar-refractivity contribution in [3.05, 3.63) is 23.3 Å². The van der Waals surface area contributed by atoms with Crippen molar-refractivity contribution >= 4 is 21.6 Å². The normalized spacial score (nSPS) is 15.2. The first kappa shape index (κ1) is 15.8. The second kappa shape index (κ2) is 5.65. The van der Waals surface area contributed by atoms with E-state index in [-0.39, 0.29) is 23.4 Å². The zero-order chi connectivity index (χ0) is 15.8. The van der Waals surface area contributed by atoms with Crippen LogP contribution in [0.4, 0.5) is 5.69 Å². The number of aryl methyl sites for hydroxylation is 1. The van der Waals surface area contributed by atoms with Gasteiger partial charge in [-0.2, -0.15) is 4.31 Å². The molecule has 1 aromatic rings. The molecule has 0 atom stereocenters. The molecule has 0 unspecified atom stereocenters. The molecule has 21 heavy (non-hydrogen) atoms. The SMILES string of the molecule is Cc1cc(N)c(C)c(S(=O)(=O)N(C)CC(=O)NC2CC2)c1. The number of likely N-dealkylation sites (N-methyl/N-ethyl adjacent to an activating group) is 1. The van der Waals surface area contributed by atoms with E-state index in [1.54, 1.807) is 26.0 Å². The van der Waals surface area contributed by atoms with Crippen LogP contribution in [-0.2, 0) is 14.8 Å². The van der Waals surface area contributed by atoms with Crippen LogP contribution in [0.25, 0.3) is 0 Å². The van der Waals surface area contributed by atoms with Crippen LogP contribution < -0.4 is 11.1 Å². The number of rotatable bonds is 5. The highest BCUT2D eigenvalue weighted by molar-refractivity contribution is 7.89. The summed E-state index contributed by atoms with van der Waals surface area (Å²) in [4.78, 5) is 11.9. The predicted molar refractivity (Wildman–Crippen MR) is 81.3 cm³/mol. The quantitative estimate of drug-likeness (QED) is 0.786. The lowest BCUT2D eigenvalue weighted by Gasteiger charge is -2.19. The molecule has 1 aromatic carbocycles. The molecule has 3 N–H and O–H groups in total. The number of sulfonamides is 1. The van der Waals surface area contributed by atoms with Gasteiger partial charge in [0.05, 0.1) is 11.4 Å². The number of nitrogen functional groups attached to an aromatic ring is 1. The molecule has 0 aromatic heterocycles. The van der Waals surface area contributed by atoms with Crippen molar-refractivity contribution in [3.8, 4) is 0 Å². The molecule has 7 heteroatoms. The van der Waals surface area contributed by atoms with Gasteiger partial charge in [0, 0.05) is 18.8 Å². The number of nitrogens with one attached hydrogen (secondary N) is 1. The summed E-state index contributed by atoms with van der Waals surface area (Å²) in [6.07, 6.45) is 1.94. The lowest BCUT2D eigenvalue weighted by Crippen LogP contribution is -2.39. The van der Waals surface area contributed by atoms with Gasteiger partial charge in [-0.1, -0.05) is 0 Å². The molecule has 0 aliphatic heterocycles. The highest BCUT2D eigenvalue weighted by Crippen LogP contribution is 2.25. The van der Waals surface area contributed by atoms with Crippen LogP contribution in [-0.4, -0.2) is 38.3 Å². The largest absolute Gasteiger partial charge is 0.398 e. The summed E-state index contributed by atoms with van der Waals surface area (Å²) < 4.78 is 26.2. The summed E-state index contributed by atoms with van der Waals surface area (Å²) >= 11 is 0.